The van der Waals surface area contributed by atoms with E-state index in [1.165, 1.54) is 0 Å². The lowest BCUT2D eigenvalue weighted by Crippen LogP contribution is -2.36. The van der Waals surface area contributed by atoms with Gasteiger partial charge in [0.05, 0.1) is 6.67 Å². The molecular weight excluding hydrogens is 212 g/mol. The van der Waals surface area contributed by atoms with Crippen LogP contribution in [-0.4, -0.2) is 23.5 Å². The molecule has 0 aliphatic carbocycles. The van der Waals surface area contributed by atoms with Crippen molar-refractivity contribution in [1.29, 1.82) is 0 Å². The smallest absolute Gasteiger partial charge is 0.245 e. The largest absolute Gasteiger partial charge is 0.325 e. The highest BCUT2D eigenvalue weighted by Crippen LogP contribution is 2.23. The normalized spacial score (nSPS) is 20.3. The van der Waals surface area contributed by atoms with Crippen LogP contribution < -0.4 is 5.32 Å². The lowest BCUT2D eigenvalue weighted by atomic mass is 10.1. The van der Waals surface area contributed by atoms with Crippen molar-refractivity contribution in [2.75, 3.05) is 6.67 Å². The Morgan fingerprint density at radius 2 is 1.94 bits per heavy atom. The fourth-order valence-electron chi connectivity index (χ4n) is 2.47. The van der Waals surface area contributed by atoms with Crippen molar-refractivity contribution in [3.8, 4) is 0 Å². The molecule has 1 N–H and O–H groups in total. The fraction of sp³-hybridized carbons (Fsp3) is 0.500. The Kier molecular flexibility index (Phi) is 3.79. The first-order valence-corrected chi connectivity index (χ1v) is 6.36. The summed E-state index contributed by atoms with van der Waals surface area (Å²) in [6.07, 6.45) is 2.04. The van der Waals surface area contributed by atoms with Gasteiger partial charge in [-0.1, -0.05) is 44.2 Å². The molecule has 0 saturated carbocycles. The van der Waals surface area contributed by atoms with Crippen molar-refractivity contribution >= 4 is 5.91 Å². The topological polar surface area (TPSA) is 32.3 Å². The van der Waals surface area contributed by atoms with Crippen molar-refractivity contribution < 1.29 is 4.79 Å². The summed E-state index contributed by atoms with van der Waals surface area (Å²) in [5, 5.41) is 3.30. The molecule has 1 atom stereocenters. The molecule has 0 aromatic heterocycles. The van der Waals surface area contributed by atoms with Crippen LogP contribution in [0.1, 0.15) is 38.3 Å². The van der Waals surface area contributed by atoms with Crippen molar-refractivity contribution in [1.82, 2.24) is 10.2 Å². The highest BCUT2D eigenvalue weighted by atomic mass is 16.2. The van der Waals surface area contributed by atoms with Crippen molar-refractivity contribution in [3.05, 3.63) is 35.9 Å². The van der Waals surface area contributed by atoms with E-state index in [1.807, 2.05) is 35.2 Å². The zero-order valence-electron chi connectivity index (χ0n) is 10.5. The average molecular weight is 232 g/mol. The summed E-state index contributed by atoms with van der Waals surface area (Å²) in [6, 6.07) is 10.1. The second kappa shape index (κ2) is 5.32. The lowest BCUT2D eigenvalue weighted by Gasteiger charge is -2.25. The molecule has 0 bridgehead atoms. The highest BCUT2D eigenvalue weighted by Gasteiger charge is 2.34. The zero-order chi connectivity index (χ0) is 12.3. The molecule has 1 aliphatic rings. The van der Waals surface area contributed by atoms with Crippen LogP contribution in [0.5, 0.6) is 0 Å². The van der Waals surface area contributed by atoms with E-state index in [0.29, 0.717) is 12.7 Å². The van der Waals surface area contributed by atoms with Gasteiger partial charge in [0, 0.05) is 6.04 Å². The summed E-state index contributed by atoms with van der Waals surface area (Å²) in [6.45, 7) is 4.94. The van der Waals surface area contributed by atoms with Crippen LogP contribution in [0.15, 0.2) is 30.3 Å². The van der Waals surface area contributed by atoms with E-state index in [1.54, 1.807) is 0 Å². The van der Waals surface area contributed by atoms with Gasteiger partial charge in [0.1, 0.15) is 6.04 Å². The molecule has 1 amide bonds. The van der Waals surface area contributed by atoms with Gasteiger partial charge in [-0.05, 0) is 18.4 Å². The van der Waals surface area contributed by atoms with E-state index in [0.717, 1.165) is 18.4 Å². The Bertz CT molecular complexity index is 373. The number of hydrogen-bond acceptors (Lipinski definition) is 2. The second-order valence-electron chi connectivity index (χ2n) is 4.48. The van der Waals surface area contributed by atoms with E-state index >= 15 is 0 Å². The average Bonchev–Trinajstić information content (AvgIpc) is 2.75. The fourth-order valence-corrected chi connectivity index (χ4v) is 2.47. The number of benzene rings is 1. The summed E-state index contributed by atoms with van der Waals surface area (Å²) >= 11 is 0. The molecule has 3 heteroatoms. The maximum absolute atomic E-state index is 12.3. The van der Waals surface area contributed by atoms with Crippen LogP contribution in [0.3, 0.4) is 0 Å². The van der Waals surface area contributed by atoms with Gasteiger partial charge in [-0.2, -0.15) is 0 Å². The number of rotatable bonds is 4. The monoisotopic (exact) mass is 232 g/mol. The number of hydrogen-bond donors (Lipinski definition) is 1. The number of amides is 1. The van der Waals surface area contributed by atoms with Crippen LogP contribution in [0.25, 0.3) is 0 Å². The molecule has 1 unspecified atom stereocenters. The third-order valence-corrected chi connectivity index (χ3v) is 3.51. The Labute approximate surface area is 103 Å². The Morgan fingerprint density at radius 1 is 1.29 bits per heavy atom. The third-order valence-electron chi connectivity index (χ3n) is 3.51. The standard InChI is InChI=1S/C14H20N2O/c1-3-12(4-2)16-10-15-13(14(16)17)11-8-6-5-7-9-11/h5-9,12-13,15H,3-4,10H2,1-2H3. The van der Waals surface area contributed by atoms with Crippen LogP contribution >= 0.6 is 0 Å². The summed E-state index contributed by atoms with van der Waals surface area (Å²) < 4.78 is 0. The summed E-state index contributed by atoms with van der Waals surface area (Å²) in [5.74, 6) is 0.213. The maximum Gasteiger partial charge on any atom is 0.245 e. The van der Waals surface area contributed by atoms with Gasteiger partial charge >= 0.3 is 0 Å². The summed E-state index contributed by atoms with van der Waals surface area (Å²) in [7, 11) is 0. The molecule has 1 fully saturated rings. The molecule has 3 nitrogen and oxygen atoms in total. The Hall–Kier alpha value is -1.35. The third kappa shape index (κ3) is 2.34. The zero-order valence-corrected chi connectivity index (χ0v) is 10.5. The first-order valence-electron chi connectivity index (χ1n) is 6.36. The van der Waals surface area contributed by atoms with Crippen LogP contribution in [0, 0.1) is 0 Å². The maximum atomic E-state index is 12.3. The Balaban J connectivity index is 2.13. The SMILES string of the molecule is CCC(CC)N1CNC(c2ccccc2)C1=O. The summed E-state index contributed by atoms with van der Waals surface area (Å²) in [4.78, 5) is 14.3. The molecule has 92 valence electrons. The highest BCUT2D eigenvalue weighted by molar-refractivity contribution is 5.85. The van der Waals surface area contributed by atoms with Gasteiger partial charge in [-0.25, -0.2) is 0 Å². The number of carbonyl (C=O) groups excluding carboxylic acids is 1. The molecule has 17 heavy (non-hydrogen) atoms. The van der Waals surface area contributed by atoms with E-state index < -0.39 is 0 Å². The molecule has 1 aromatic carbocycles. The van der Waals surface area contributed by atoms with Gasteiger partial charge in [-0.3, -0.25) is 10.1 Å². The number of nitrogens with one attached hydrogen (secondary N) is 1. The number of nitrogens with zero attached hydrogens (tertiary/aromatic N) is 1. The minimum atomic E-state index is -0.156. The molecule has 0 radical (unpaired) electrons. The van der Waals surface area contributed by atoms with E-state index in [-0.39, 0.29) is 11.9 Å². The van der Waals surface area contributed by atoms with Gasteiger partial charge in [-0.15, -0.1) is 0 Å². The molecule has 1 heterocycles. The minimum Gasteiger partial charge on any atom is -0.325 e. The molecule has 1 saturated heterocycles. The first kappa shape index (κ1) is 12.1. The van der Waals surface area contributed by atoms with Crippen molar-refractivity contribution in [2.45, 2.75) is 38.8 Å². The van der Waals surface area contributed by atoms with E-state index in [9.17, 15) is 4.79 Å². The van der Waals surface area contributed by atoms with Gasteiger partial charge in [0.2, 0.25) is 5.91 Å². The molecular formula is C14H20N2O. The molecule has 1 aromatic rings. The predicted molar refractivity (Wildman–Crippen MR) is 68.4 cm³/mol. The van der Waals surface area contributed by atoms with Gasteiger partial charge in [0.25, 0.3) is 0 Å². The quantitative estimate of drug-likeness (QED) is 0.864. The molecule has 1 aliphatic heterocycles. The van der Waals surface area contributed by atoms with Gasteiger partial charge in [0.15, 0.2) is 0 Å². The first-order chi connectivity index (χ1) is 8.27. The predicted octanol–water partition coefficient (Wildman–Crippen LogP) is 2.31. The molecule has 2 rings (SSSR count). The van der Waals surface area contributed by atoms with Crippen molar-refractivity contribution in [3.63, 3.8) is 0 Å². The molecule has 0 spiro atoms. The van der Waals surface area contributed by atoms with Gasteiger partial charge < -0.3 is 4.90 Å². The summed E-state index contributed by atoms with van der Waals surface area (Å²) in [5.41, 5.74) is 1.06. The second-order valence-corrected chi connectivity index (χ2v) is 4.48. The van der Waals surface area contributed by atoms with Crippen LogP contribution in [0.4, 0.5) is 0 Å². The van der Waals surface area contributed by atoms with Crippen LogP contribution in [-0.2, 0) is 4.79 Å². The van der Waals surface area contributed by atoms with E-state index in [4.69, 9.17) is 0 Å². The van der Waals surface area contributed by atoms with Crippen LogP contribution in [0.2, 0.25) is 0 Å². The van der Waals surface area contributed by atoms with Crippen molar-refractivity contribution in [2.24, 2.45) is 0 Å². The Morgan fingerprint density at radius 3 is 2.53 bits per heavy atom. The number of carbonyl (C=O) groups is 1. The van der Waals surface area contributed by atoms with E-state index in [2.05, 4.69) is 19.2 Å². The minimum absolute atomic E-state index is 0.156. The lowest BCUT2D eigenvalue weighted by molar-refractivity contribution is -0.131.